The third kappa shape index (κ3) is 2.47. The molecule has 1 aromatic heterocycles. The van der Waals surface area contributed by atoms with Gasteiger partial charge in [0.2, 0.25) is 0 Å². The molecular formula is C14H16FN3. The average Bonchev–Trinajstić information content (AvgIpc) is 2.38. The first-order valence-electron chi connectivity index (χ1n) is 5.93. The van der Waals surface area contributed by atoms with Gasteiger partial charge in [-0.3, -0.25) is 0 Å². The Morgan fingerprint density at radius 3 is 2.50 bits per heavy atom. The molecule has 4 heteroatoms. The van der Waals surface area contributed by atoms with Crippen molar-refractivity contribution in [3.05, 3.63) is 42.0 Å². The Bertz CT molecular complexity index is 552. The number of aromatic nitrogens is 2. The molecule has 0 saturated carbocycles. The van der Waals surface area contributed by atoms with Gasteiger partial charge >= 0.3 is 0 Å². The molecule has 18 heavy (non-hydrogen) atoms. The van der Waals surface area contributed by atoms with Crippen LogP contribution in [0.1, 0.15) is 25.6 Å². The zero-order chi connectivity index (χ0) is 13.1. The Hall–Kier alpha value is -1.97. The van der Waals surface area contributed by atoms with Crippen LogP contribution in [-0.4, -0.2) is 17.0 Å². The molecule has 1 N–H and O–H groups in total. The molecule has 0 saturated heterocycles. The number of hydrogen-bond acceptors (Lipinski definition) is 3. The summed E-state index contributed by atoms with van der Waals surface area (Å²) >= 11 is 0. The standard InChI is InChI=1S/C14H16FN3/c1-9(2)14-17-12(8-13(16-3)18-14)10-6-4-5-7-11(10)15/h4-9H,1-3H3,(H,16,17,18). The van der Waals surface area contributed by atoms with Gasteiger partial charge in [-0.25, -0.2) is 14.4 Å². The molecule has 0 atom stereocenters. The second kappa shape index (κ2) is 5.12. The van der Waals surface area contributed by atoms with E-state index in [-0.39, 0.29) is 11.7 Å². The fourth-order valence-electron chi connectivity index (χ4n) is 1.66. The van der Waals surface area contributed by atoms with Crippen molar-refractivity contribution in [3.8, 4) is 11.3 Å². The van der Waals surface area contributed by atoms with E-state index in [0.717, 1.165) is 0 Å². The molecule has 0 fully saturated rings. The van der Waals surface area contributed by atoms with Crippen molar-refractivity contribution in [2.75, 3.05) is 12.4 Å². The van der Waals surface area contributed by atoms with Crippen LogP contribution in [0.3, 0.4) is 0 Å². The van der Waals surface area contributed by atoms with E-state index < -0.39 is 0 Å². The van der Waals surface area contributed by atoms with Crippen LogP contribution in [-0.2, 0) is 0 Å². The predicted octanol–water partition coefficient (Wildman–Crippen LogP) is 3.45. The zero-order valence-corrected chi connectivity index (χ0v) is 10.7. The highest BCUT2D eigenvalue weighted by atomic mass is 19.1. The quantitative estimate of drug-likeness (QED) is 0.900. The van der Waals surface area contributed by atoms with Crippen molar-refractivity contribution in [1.82, 2.24) is 9.97 Å². The van der Waals surface area contributed by atoms with Crippen molar-refractivity contribution in [1.29, 1.82) is 0 Å². The van der Waals surface area contributed by atoms with E-state index in [9.17, 15) is 4.39 Å². The molecule has 0 spiro atoms. The van der Waals surface area contributed by atoms with Crippen LogP contribution in [0.5, 0.6) is 0 Å². The molecule has 0 aliphatic carbocycles. The average molecular weight is 245 g/mol. The van der Waals surface area contributed by atoms with Crippen LogP contribution in [0.4, 0.5) is 10.2 Å². The Morgan fingerprint density at radius 2 is 1.89 bits per heavy atom. The van der Waals surface area contributed by atoms with Crippen molar-refractivity contribution in [2.45, 2.75) is 19.8 Å². The maximum atomic E-state index is 13.8. The molecule has 0 aliphatic rings. The van der Waals surface area contributed by atoms with E-state index in [1.165, 1.54) is 6.07 Å². The Kier molecular flexibility index (Phi) is 3.55. The van der Waals surface area contributed by atoms with E-state index in [1.54, 1.807) is 31.3 Å². The van der Waals surface area contributed by atoms with Crippen molar-refractivity contribution in [2.24, 2.45) is 0 Å². The summed E-state index contributed by atoms with van der Waals surface area (Å²) in [5, 5.41) is 2.98. The molecule has 2 rings (SSSR count). The highest BCUT2D eigenvalue weighted by molar-refractivity contribution is 5.63. The van der Waals surface area contributed by atoms with E-state index in [0.29, 0.717) is 22.9 Å². The fraction of sp³-hybridized carbons (Fsp3) is 0.286. The fourth-order valence-corrected chi connectivity index (χ4v) is 1.66. The topological polar surface area (TPSA) is 37.8 Å². The molecule has 2 aromatic rings. The van der Waals surface area contributed by atoms with E-state index in [4.69, 9.17) is 0 Å². The molecule has 0 bridgehead atoms. The number of halogens is 1. The van der Waals surface area contributed by atoms with Gasteiger partial charge in [0.15, 0.2) is 0 Å². The molecular weight excluding hydrogens is 229 g/mol. The third-order valence-electron chi connectivity index (χ3n) is 2.67. The number of nitrogens with zero attached hydrogens (tertiary/aromatic N) is 2. The molecule has 94 valence electrons. The maximum Gasteiger partial charge on any atom is 0.133 e. The smallest absolute Gasteiger partial charge is 0.133 e. The van der Waals surface area contributed by atoms with Gasteiger partial charge in [0, 0.05) is 24.6 Å². The van der Waals surface area contributed by atoms with Crippen LogP contribution in [0, 0.1) is 5.82 Å². The summed E-state index contributed by atoms with van der Waals surface area (Å²) in [6, 6.07) is 8.38. The molecule has 0 radical (unpaired) electrons. The van der Waals surface area contributed by atoms with Gasteiger partial charge in [0.1, 0.15) is 17.5 Å². The van der Waals surface area contributed by atoms with E-state index in [1.807, 2.05) is 13.8 Å². The maximum absolute atomic E-state index is 13.8. The van der Waals surface area contributed by atoms with Crippen molar-refractivity contribution < 1.29 is 4.39 Å². The highest BCUT2D eigenvalue weighted by Crippen LogP contribution is 2.24. The zero-order valence-electron chi connectivity index (χ0n) is 10.7. The summed E-state index contributed by atoms with van der Waals surface area (Å²) in [5.41, 5.74) is 1.11. The molecule has 0 unspecified atom stereocenters. The highest BCUT2D eigenvalue weighted by Gasteiger charge is 2.11. The second-order valence-corrected chi connectivity index (χ2v) is 4.38. The lowest BCUT2D eigenvalue weighted by Crippen LogP contribution is -2.03. The van der Waals surface area contributed by atoms with Gasteiger partial charge in [0.05, 0.1) is 5.69 Å². The number of nitrogens with one attached hydrogen (secondary N) is 1. The SMILES string of the molecule is CNc1cc(-c2ccccc2F)nc(C(C)C)n1. The lowest BCUT2D eigenvalue weighted by atomic mass is 10.1. The van der Waals surface area contributed by atoms with Gasteiger partial charge in [-0.2, -0.15) is 0 Å². The Labute approximate surface area is 106 Å². The number of anilines is 1. The molecule has 1 heterocycles. The first-order chi connectivity index (χ1) is 8.61. The second-order valence-electron chi connectivity index (χ2n) is 4.38. The summed E-state index contributed by atoms with van der Waals surface area (Å²) in [6.07, 6.45) is 0. The molecule has 3 nitrogen and oxygen atoms in total. The minimum Gasteiger partial charge on any atom is -0.373 e. The number of hydrogen-bond donors (Lipinski definition) is 1. The molecule has 0 aliphatic heterocycles. The van der Waals surface area contributed by atoms with Gasteiger partial charge in [-0.15, -0.1) is 0 Å². The predicted molar refractivity (Wildman–Crippen MR) is 71.1 cm³/mol. The largest absolute Gasteiger partial charge is 0.373 e. The first-order valence-corrected chi connectivity index (χ1v) is 5.93. The lowest BCUT2D eigenvalue weighted by molar-refractivity contribution is 0.630. The van der Waals surface area contributed by atoms with Gasteiger partial charge in [-0.05, 0) is 12.1 Å². The van der Waals surface area contributed by atoms with Gasteiger partial charge in [0.25, 0.3) is 0 Å². The van der Waals surface area contributed by atoms with Crippen LogP contribution < -0.4 is 5.32 Å². The summed E-state index contributed by atoms with van der Waals surface area (Å²) in [5.74, 6) is 1.34. The lowest BCUT2D eigenvalue weighted by Gasteiger charge is -2.10. The third-order valence-corrected chi connectivity index (χ3v) is 2.67. The number of benzene rings is 1. The van der Waals surface area contributed by atoms with Crippen molar-refractivity contribution in [3.63, 3.8) is 0 Å². The minimum atomic E-state index is -0.270. The summed E-state index contributed by atoms with van der Waals surface area (Å²) in [4.78, 5) is 8.78. The number of rotatable bonds is 3. The normalized spacial score (nSPS) is 10.7. The molecule has 0 amide bonds. The van der Waals surface area contributed by atoms with Crippen molar-refractivity contribution >= 4 is 5.82 Å². The van der Waals surface area contributed by atoms with Crippen LogP contribution in [0.25, 0.3) is 11.3 Å². The van der Waals surface area contributed by atoms with Crippen LogP contribution >= 0.6 is 0 Å². The summed E-state index contributed by atoms with van der Waals surface area (Å²) in [7, 11) is 1.79. The van der Waals surface area contributed by atoms with Crippen LogP contribution in [0.2, 0.25) is 0 Å². The van der Waals surface area contributed by atoms with E-state index in [2.05, 4.69) is 15.3 Å². The van der Waals surface area contributed by atoms with E-state index >= 15 is 0 Å². The van der Waals surface area contributed by atoms with Crippen LogP contribution in [0.15, 0.2) is 30.3 Å². The minimum absolute atomic E-state index is 0.198. The summed E-state index contributed by atoms with van der Waals surface area (Å²) in [6.45, 7) is 4.03. The molecule has 1 aromatic carbocycles. The first kappa shape index (κ1) is 12.5. The van der Waals surface area contributed by atoms with Gasteiger partial charge < -0.3 is 5.32 Å². The Morgan fingerprint density at radius 1 is 1.17 bits per heavy atom. The monoisotopic (exact) mass is 245 g/mol. The Balaban J connectivity index is 2.57. The summed E-state index contributed by atoms with van der Waals surface area (Å²) < 4.78 is 13.8. The van der Waals surface area contributed by atoms with Gasteiger partial charge in [-0.1, -0.05) is 26.0 Å².